The van der Waals surface area contributed by atoms with Gasteiger partial charge in [0, 0.05) is 29.5 Å². The lowest BCUT2D eigenvalue weighted by Crippen LogP contribution is -2.44. The predicted molar refractivity (Wildman–Crippen MR) is 98.0 cm³/mol. The Morgan fingerprint density at radius 1 is 1.38 bits per heavy atom. The molecule has 1 aromatic carbocycles. The second-order valence-electron chi connectivity index (χ2n) is 5.71. The van der Waals surface area contributed by atoms with Gasteiger partial charge in [-0.2, -0.15) is 9.36 Å². The van der Waals surface area contributed by atoms with Crippen molar-refractivity contribution in [2.45, 2.75) is 22.9 Å². The summed E-state index contributed by atoms with van der Waals surface area (Å²) in [7, 11) is 1.61. The molecule has 0 aliphatic carbocycles. The number of urea groups is 1. The van der Waals surface area contributed by atoms with Crippen LogP contribution in [0.15, 0.2) is 34.3 Å². The van der Waals surface area contributed by atoms with Crippen molar-refractivity contribution in [2.24, 2.45) is 5.92 Å². The number of hydrogen-bond donors (Lipinski definition) is 2. The molecule has 1 fully saturated rings. The van der Waals surface area contributed by atoms with Crippen LogP contribution in [-0.4, -0.2) is 51.6 Å². The second-order valence-corrected chi connectivity index (χ2v) is 7.51. The summed E-state index contributed by atoms with van der Waals surface area (Å²) in [5.41, 5.74) is 0. The van der Waals surface area contributed by atoms with Gasteiger partial charge in [0.15, 0.2) is 0 Å². The summed E-state index contributed by atoms with van der Waals surface area (Å²) < 4.78 is 9.35. The third-order valence-corrected chi connectivity index (χ3v) is 5.57. The minimum absolute atomic E-state index is 0.216. The molecule has 1 saturated heterocycles. The predicted octanol–water partition coefficient (Wildman–Crippen LogP) is 3.03. The molecule has 2 amide bonds. The number of amides is 2. The van der Waals surface area contributed by atoms with Crippen molar-refractivity contribution >= 4 is 40.4 Å². The van der Waals surface area contributed by atoms with Crippen LogP contribution >= 0.6 is 23.3 Å². The van der Waals surface area contributed by atoms with Gasteiger partial charge < -0.3 is 14.7 Å². The van der Waals surface area contributed by atoms with E-state index in [0.717, 1.165) is 22.2 Å². The topological polar surface area (TPSA) is 105 Å². The van der Waals surface area contributed by atoms with Crippen LogP contribution < -0.4 is 10.1 Å². The number of methoxy groups -OCH3 is 1. The molecule has 1 unspecified atom stereocenters. The normalized spacial score (nSPS) is 17.0. The van der Waals surface area contributed by atoms with Crippen molar-refractivity contribution in [3.05, 3.63) is 24.3 Å². The number of ether oxygens (including phenoxy) is 1. The average Bonchev–Trinajstić information content (AvgIpc) is 3.09. The highest BCUT2D eigenvalue weighted by Crippen LogP contribution is 2.29. The van der Waals surface area contributed by atoms with Gasteiger partial charge in [-0.1, -0.05) is 0 Å². The Balaban J connectivity index is 1.57. The number of aromatic nitrogens is 2. The summed E-state index contributed by atoms with van der Waals surface area (Å²) in [6.45, 7) is 0.759. The van der Waals surface area contributed by atoms with E-state index < -0.39 is 11.9 Å². The fourth-order valence-electron chi connectivity index (χ4n) is 2.59. The van der Waals surface area contributed by atoms with Gasteiger partial charge >= 0.3 is 12.0 Å². The minimum atomic E-state index is -0.864. The van der Waals surface area contributed by atoms with Gasteiger partial charge in [-0.25, -0.2) is 4.79 Å². The van der Waals surface area contributed by atoms with E-state index in [1.165, 1.54) is 16.7 Å². The molecule has 0 saturated carbocycles. The van der Waals surface area contributed by atoms with Gasteiger partial charge in [-0.3, -0.25) is 10.1 Å². The number of anilines is 1. The van der Waals surface area contributed by atoms with Crippen LogP contribution in [0, 0.1) is 5.92 Å². The summed E-state index contributed by atoms with van der Waals surface area (Å²) in [6.07, 6.45) is 1.28. The van der Waals surface area contributed by atoms with E-state index in [1.807, 2.05) is 24.3 Å². The van der Waals surface area contributed by atoms with Gasteiger partial charge in [0.25, 0.3) is 0 Å². The van der Waals surface area contributed by atoms with Crippen LogP contribution in [0.4, 0.5) is 9.93 Å². The number of benzene rings is 1. The Bertz CT molecular complexity index is 781. The number of likely N-dealkylation sites (tertiary alicyclic amines) is 1. The maximum atomic E-state index is 12.3. The third kappa shape index (κ3) is 4.64. The molecule has 0 radical (unpaired) electrons. The van der Waals surface area contributed by atoms with Crippen molar-refractivity contribution < 1.29 is 19.4 Å². The maximum absolute atomic E-state index is 12.3. The molecule has 10 heteroatoms. The summed E-state index contributed by atoms with van der Waals surface area (Å²) in [5, 5.41) is 12.7. The molecular formula is C16H18N4O4S2. The smallest absolute Gasteiger partial charge is 0.323 e. The monoisotopic (exact) mass is 394 g/mol. The van der Waals surface area contributed by atoms with E-state index in [0.29, 0.717) is 29.7 Å². The molecule has 0 spiro atoms. The van der Waals surface area contributed by atoms with Gasteiger partial charge in [-0.15, -0.1) is 0 Å². The zero-order chi connectivity index (χ0) is 18.5. The van der Waals surface area contributed by atoms with Crippen LogP contribution in [0.2, 0.25) is 0 Å². The largest absolute Gasteiger partial charge is 0.497 e. The number of carboxylic acids is 1. The first kappa shape index (κ1) is 18.5. The van der Waals surface area contributed by atoms with Crippen molar-refractivity contribution in [1.29, 1.82) is 0 Å². The van der Waals surface area contributed by atoms with E-state index in [-0.39, 0.29) is 12.6 Å². The SMILES string of the molecule is COc1ccc(Sc2nsc(NC(=O)N3CCCC(C(=O)O)C3)n2)cc1. The Morgan fingerprint density at radius 2 is 2.15 bits per heavy atom. The van der Waals surface area contributed by atoms with E-state index in [4.69, 9.17) is 9.84 Å². The lowest BCUT2D eigenvalue weighted by molar-refractivity contribution is -0.143. The fourth-order valence-corrected chi connectivity index (χ4v) is 3.99. The van der Waals surface area contributed by atoms with Crippen molar-refractivity contribution in [1.82, 2.24) is 14.3 Å². The highest BCUT2D eigenvalue weighted by atomic mass is 32.2. The van der Waals surface area contributed by atoms with Crippen LogP contribution in [0.25, 0.3) is 0 Å². The standard InChI is InChI=1S/C16H18N4O4S2/c1-24-11-4-6-12(7-5-11)25-15-17-14(26-19-15)18-16(23)20-8-2-3-10(9-20)13(21)22/h4-7,10H,2-3,8-9H2,1H3,(H,21,22)(H,17,18,19,23). The highest BCUT2D eigenvalue weighted by Gasteiger charge is 2.28. The van der Waals surface area contributed by atoms with Crippen LogP contribution in [0.5, 0.6) is 5.75 Å². The first-order valence-corrected chi connectivity index (χ1v) is 9.58. The quantitative estimate of drug-likeness (QED) is 0.803. The van der Waals surface area contributed by atoms with Crippen LogP contribution in [0.3, 0.4) is 0 Å². The molecule has 1 aromatic heterocycles. The van der Waals surface area contributed by atoms with Crippen LogP contribution in [0.1, 0.15) is 12.8 Å². The lowest BCUT2D eigenvalue weighted by Gasteiger charge is -2.30. The van der Waals surface area contributed by atoms with E-state index in [9.17, 15) is 9.59 Å². The first-order chi connectivity index (χ1) is 12.5. The van der Waals surface area contributed by atoms with Crippen LogP contribution in [-0.2, 0) is 4.79 Å². The molecule has 1 aliphatic heterocycles. The van der Waals surface area contributed by atoms with Gasteiger partial charge in [-0.05, 0) is 48.9 Å². The molecule has 2 heterocycles. The highest BCUT2D eigenvalue weighted by molar-refractivity contribution is 7.99. The Labute approximate surface area is 158 Å². The minimum Gasteiger partial charge on any atom is -0.497 e. The summed E-state index contributed by atoms with van der Waals surface area (Å²) in [4.78, 5) is 30.2. The number of nitrogens with one attached hydrogen (secondary N) is 1. The van der Waals surface area contributed by atoms with Crippen molar-refractivity contribution in [3.63, 3.8) is 0 Å². The number of nitrogens with zero attached hydrogens (tertiary/aromatic N) is 3. The number of carboxylic acid groups (broad SMARTS) is 1. The van der Waals surface area contributed by atoms with Crippen molar-refractivity contribution in [2.75, 3.05) is 25.5 Å². The Kier molecular flexibility index (Phi) is 5.94. The molecule has 2 aromatic rings. The third-order valence-electron chi connectivity index (χ3n) is 3.95. The zero-order valence-electron chi connectivity index (χ0n) is 14.0. The summed E-state index contributed by atoms with van der Waals surface area (Å²) in [5.74, 6) is -0.601. The summed E-state index contributed by atoms with van der Waals surface area (Å²) >= 11 is 2.48. The number of aliphatic carboxylic acids is 1. The average molecular weight is 394 g/mol. The molecule has 3 rings (SSSR count). The van der Waals surface area contributed by atoms with E-state index in [2.05, 4.69) is 14.7 Å². The first-order valence-electron chi connectivity index (χ1n) is 7.99. The maximum Gasteiger partial charge on any atom is 0.323 e. The molecule has 8 nitrogen and oxygen atoms in total. The molecule has 0 bridgehead atoms. The molecule has 1 aliphatic rings. The van der Waals surface area contributed by atoms with Gasteiger partial charge in [0.05, 0.1) is 13.0 Å². The lowest BCUT2D eigenvalue weighted by atomic mass is 9.99. The van der Waals surface area contributed by atoms with E-state index >= 15 is 0 Å². The van der Waals surface area contributed by atoms with Crippen molar-refractivity contribution in [3.8, 4) is 5.75 Å². The van der Waals surface area contributed by atoms with E-state index in [1.54, 1.807) is 7.11 Å². The Morgan fingerprint density at radius 3 is 2.85 bits per heavy atom. The molecule has 1 atom stereocenters. The number of carbonyl (C=O) groups is 2. The number of piperidine rings is 1. The number of rotatable bonds is 5. The summed E-state index contributed by atoms with van der Waals surface area (Å²) in [6, 6.07) is 7.18. The van der Waals surface area contributed by atoms with Gasteiger partial charge in [0.1, 0.15) is 5.75 Å². The zero-order valence-corrected chi connectivity index (χ0v) is 15.7. The molecule has 2 N–H and O–H groups in total. The second kappa shape index (κ2) is 8.37. The number of hydrogen-bond acceptors (Lipinski definition) is 7. The molecular weight excluding hydrogens is 376 g/mol. The molecule has 26 heavy (non-hydrogen) atoms. The Hall–Kier alpha value is -2.33. The number of carbonyl (C=O) groups excluding carboxylic acids is 1. The molecule has 138 valence electrons. The van der Waals surface area contributed by atoms with Gasteiger partial charge in [0.2, 0.25) is 10.3 Å². The fraction of sp³-hybridized carbons (Fsp3) is 0.375.